The molecule has 2 atom stereocenters. The highest BCUT2D eigenvalue weighted by molar-refractivity contribution is 5.84. The molecular weight excluding hydrogens is 222 g/mol. The summed E-state index contributed by atoms with van der Waals surface area (Å²) < 4.78 is 0. The molecule has 1 fully saturated rings. The van der Waals surface area contributed by atoms with Gasteiger partial charge in [-0.2, -0.15) is 0 Å². The number of rotatable bonds is 4. The Kier molecular flexibility index (Phi) is 3.85. The van der Waals surface area contributed by atoms with Gasteiger partial charge in [0.25, 0.3) is 0 Å². The second-order valence-electron chi connectivity index (χ2n) is 5.09. The summed E-state index contributed by atoms with van der Waals surface area (Å²) in [5, 5.41) is 0. The molecule has 0 N–H and O–H groups in total. The maximum atomic E-state index is 12.3. The van der Waals surface area contributed by atoms with Gasteiger partial charge in [0.05, 0.1) is 6.54 Å². The van der Waals surface area contributed by atoms with Crippen LogP contribution >= 0.6 is 0 Å². The van der Waals surface area contributed by atoms with Gasteiger partial charge in [0.2, 0.25) is 5.91 Å². The average Bonchev–Trinajstić information content (AvgIpc) is 2.58. The van der Waals surface area contributed by atoms with E-state index in [9.17, 15) is 4.79 Å². The predicted molar refractivity (Wildman–Crippen MR) is 73.7 cm³/mol. The molecule has 96 valence electrons. The van der Waals surface area contributed by atoms with Crippen molar-refractivity contribution >= 4 is 5.91 Å². The fourth-order valence-electron chi connectivity index (χ4n) is 2.72. The summed E-state index contributed by atoms with van der Waals surface area (Å²) in [6.07, 6.45) is 2.15. The van der Waals surface area contributed by atoms with Crippen LogP contribution < -0.4 is 0 Å². The second-order valence-corrected chi connectivity index (χ2v) is 5.09. The Bertz CT molecular complexity index is 438. The fraction of sp³-hybridized carbons (Fsp3) is 0.438. The van der Waals surface area contributed by atoms with Crippen LogP contribution in [0.25, 0.3) is 0 Å². The largest absolute Gasteiger partial charge is 0.312 e. The minimum Gasteiger partial charge on any atom is -0.312 e. The first kappa shape index (κ1) is 12.9. The van der Waals surface area contributed by atoms with E-state index in [-0.39, 0.29) is 11.8 Å². The molecule has 1 aromatic rings. The highest BCUT2D eigenvalue weighted by Gasteiger charge is 2.39. The molecule has 2 nitrogen and oxygen atoms in total. The minimum absolute atomic E-state index is 0.0844. The van der Waals surface area contributed by atoms with E-state index in [2.05, 4.69) is 25.6 Å². The lowest BCUT2D eigenvalue weighted by Gasteiger charge is -2.19. The molecule has 0 saturated carbocycles. The van der Waals surface area contributed by atoms with Gasteiger partial charge >= 0.3 is 0 Å². The fourth-order valence-corrected chi connectivity index (χ4v) is 2.72. The van der Waals surface area contributed by atoms with E-state index in [1.807, 2.05) is 30.0 Å². The third-order valence-electron chi connectivity index (χ3n) is 3.82. The predicted octanol–water partition coefficient (Wildman–Crippen LogP) is 3.59. The SMILES string of the molecule is C=C1C(CCC)C(C)C(=O)N1Cc1ccccc1. The van der Waals surface area contributed by atoms with Crippen LogP contribution in [0.15, 0.2) is 42.6 Å². The molecule has 1 heterocycles. The molecule has 0 aromatic heterocycles. The summed E-state index contributed by atoms with van der Waals surface area (Å²) in [6.45, 7) is 8.98. The zero-order chi connectivity index (χ0) is 13.1. The molecule has 0 aliphatic carbocycles. The van der Waals surface area contributed by atoms with Gasteiger partial charge in [-0.15, -0.1) is 0 Å². The third-order valence-corrected chi connectivity index (χ3v) is 3.82. The van der Waals surface area contributed by atoms with E-state index in [1.54, 1.807) is 0 Å². The van der Waals surface area contributed by atoms with Crippen LogP contribution in [-0.4, -0.2) is 10.8 Å². The lowest BCUT2D eigenvalue weighted by Crippen LogP contribution is -2.24. The molecule has 1 amide bonds. The summed E-state index contributed by atoms with van der Waals surface area (Å²) in [5.41, 5.74) is 2.16. The number of benzene rings is 1. The Morgan fingerprint density at radius 2 is 1.94 bits per heavy atom. The highest BCUT2D eigenvalue weighted by atomic mass is 16.2. The van der Waals surface area contributed by atoms with E-state index in [4.69, 9.17) is 0 Å². The van der Waals surface area contributed by atoms with E-state index in [0.29, 0.717) is 12.5 Å². The van der Waals surface area contributed by atoms with Crippen LogP contribution in [0.4, 0.5) is 0 Å². The van der Waals surface area contributed by atoms with Crippen LogP contribution in [0, 0.1) is 11.8 Å². The minimum atomic E-state index is 0.0844. The molecule has 2 unspecified atom stereocenters. The molecule has 2 rings (SSSR count). The number of amides is 1. The standard InChI is InChI=1S/C16H21NO/c1-4-8-15-12(2)16(18)17(13(15)3)11-14-9-6-5-7-10-14/h5-7,9-10,12,15H,3-4,8,11H2,1-2H3. The van der Waals surface area contributed by atoms with Crippen LogP contribution in [0.3, 0.4) is 0 Å². The number of allylic oxidation sites excluding steroid dienone is 1. The van der Waals surface area contributed by atoms with Crippen molar-refractivity contribution in [1.82, 2.24) is 4.90 Å². The van der Waals surface area contributed by atoms with Crippen molar-refractivity contribution in [3.05, 3.63) is 48.2 Å². The molecule has 1 aliphatic rings. The van der Waals surface area contributed by atoms with Gasteiger partial charge in [-0.1, -0.05) is 57.2 Å². The first-order valence-electron chi connectivity index (χ1n) is 6.69. The zero-order valence-electron chi connectivity index (χ0n) is 11.2. The molecule has 1 aliphatic heterocycles. The van der Waals surface area contributed by atoms with Crippen molar-refractivity contribution in [3.63, 3.8) is 0 Å². The van der Waals surface area contributed by atoms with Crippen LogP contribution in [-0.2, 0) is 11.3 Å². The second kappa shape index (κ2) is 5.38. The number of carbonyl (C=O) groups is 1. The molecule has 0 spiro atoms. The lowest BCUT2D eigenvalue weighted by atomic mass is 9.91. The Morgan fingerprint density at radius 1 is 1.28 bits per heavy atom. The van der Waals surface area contributed by atoms with Crippen molar-refractivity contribution in [3.8, 4) is 0 Å². The van der Waals surface area contributed by atoms with E-state index in [0.717, 1.165) is 24.1 Å². The van der Waals surface area contributed by atoms with Gasteiger partial charge in [0.15, 0.2) is 0 Å². The Labute approximate surface area is 109 Å². The first-order chi connectivity index (χ1) is 8.65. The quantitative estimate of drug-likeness (QED) is 0.791. The number of nitrogens with zero attached hydrogens (tertiary/aromatic N) is 1. The third kappa shape index (κ3) is 2.33. The number of carbonyl (C=O) groups excluding carboxylic acids is 1. The summed E-state index contributed by atoms with van der Waals surface area (Å²) in [7, 11) is 0. The molecule has 2 heteroatoms. The van der Waals surface area contributed by atoms with Gasteiger partial charge in [-0.25, -0.2) is 0 Å². The molecule has 0 radical (unpaired) electrons. The van der Waals surface area contributed by atoms with Crippen molar-refractivity contribution in [2.24, 2.45) is 11.8 Å². The molecule has 1 saturated heterocycles. The highest BCUT2D eigenvalue weighted by Crippen LogP contribution is 2.36. The summed E-state index contributed by atoms with van der Waals surface area (Å²) in [5.74, 6) is 0.634. The molecule has 0 bridgehead atoms. The number of hydrogen-bond donors (Lipinski definition) is 0. The maximum absolute atomic E-state index is 12.3. The summed E-state index contributed by atoms with van der Waals surface area (Å²) in [4.78, 5) is 14.1. The topological polar surface area (TPSA) is 20.3 Å². The van der Waals surface area contributed by atoms with Crippen LogP contribution in [0.1, 0.15) is 32.3 Å². The van der Waals surface area contributed by atoms with E-state index in [1.165, 1.54) is 0 Å². The van der Waals surface area contributed by atoms with Gasteiger partial charge < -0.3 is 4.90 Å². The molecular formula is C16H21NO. The monoisotopic (exact) mass is 243 g/mol. The maximum Gasteiger partial charge on any atom is 0.230 e. The van der Waals surface area contributed by atoms with Gasteiger partial charge in [0.1, 0.15) is 0 Å². The van der Waals surface area contributed by atoms with Crippen molar-refractivity contribution < 1.29 is 4.79 Å². The Balaban J connectivity index is 2.14. The van der Waals surface area contributed by atoms with Crippen molar-refractivity contribution in [2.75, 3.05) is 0 Å². The van der Waals surface area contributed by atoms with Crippen molar-refractivity contribution in [2.45, 2.75) is 33.2 Å². The summed E-state index contributed by atoms with van der Waals surface area (Å²) >= 11 is 0. The Morgan fingerprint density at radius 3 is 2.56 bits per heavy atom. The average molecular weight is 243 g/mol. The van der Waals surface area contributed by atoms with Gasteiger partial charge in [-0.05, 0) is 12.0 Å². The summed E-state index contributed by atoms with van der Waals surface area (Å²) in [6, 6.07) is 10.1. The van der Waals surface area contributed by atoms with E-state index < -0.39 is 0 Å². The number of likely N-dealkylation sites (tertiary alicyclic amines) is 1. The van der Waals surface area contributed by atoms with E-state index >= 15 is 0 Å². The zero-order valence-corrected chi connectivity index (χ0v) is 11.2. The van der Waals surface area contributed by atoms with Gasteiger partial charge in [0, 0.05) is 17.5 Å². The smallest absolute Gasteiger partial charge is 0.230 e. The Hall–Kier alpha value is -1.57. The van der Waals surface area contributed by atoms with Crippen LogP contribution in [0.5, 0.6) is 0 Å². The normalized spacial score (nSPS) is 23.8. The van der Waals surface area contributed by atoms with Gasteiger partial charge in [-0.3, -0.25) is 4.79 Å². The molecule has 18 heavy (non-hydrogen) atoms. The number of hydrogen-bond acceptors (Lipinski definition) is 1. The first-order valence-corrected chi connectivity index (χ1v) is 6.69. The lowest BCUT2D eigenvalue weighted by molar-refractivity contribution is -0.130. The van der Waals surface area contributed by atoms with Crippen molar-refractivity contribution in [1.29, 1.82) is 0 Å². The molecule has 1 aromatic carbocycles. The van der Waals surface area contributed by atoms with Crippen LogP contribution in [0.2, 0.25) is 0 Å².